The van der Waals surface area contributed by atoms with E-state index in [4.69, 9.17) is 4.74 Å². The van der Waals surface area contributed by atoms with Gasteiger partial charge in [0.05, 0.1) is 22.3 Å². The standard InChI is InChI=1S/C25H31BrN2O3/c1-17(2)14-15-31-23-13-12-18(16-21(23)26)24(29)28-22-11-7-6-10-20(22)25(30)27-19-8-4-3-5-9-19/h6-7,10-13,16-17,19H,3-5,8-9,14-15H2,1-2H3,(H,27,30)(H,28,29). The van der Waals surface area contributed by atoms with E-state index in [9.17, 15) is 9.59 Å². The van der Waals surface area contributed by atoms with Gasteiger partial charge in [0.1, 0.15) is 5.75 Å². The monoisotopic (exact) mass is 486 g/mol. The lowest BCUT2D eigenvalue weighted by atomic mass is 9.95. The van der Waals surface area contributed by atoms with Crippen molar-refractivity contribution in [2.75, 3.05) is 11.9 Å². The van der Waals surface area contributed by atoms with Crippen LogP contribution in [0.15, 0.2) is 46.9 Å². The highest BCUT2D eigenvalue weighted by Gasteiger charge is 2.19. The zero-order valence-electron chi connectivity index (χ0n) is 18.2. The van der Waals surface area contributed by atoms with Gasteiger partial charge in [0.25, 0.3) is 11.8 Å². The molecular weight excluding hydrogens is 456 g/mol. The second kappa shape index (κ2) is 11.3. The maximum Gasteiger partial charge on any atom is 0.255 e. The molecule has 2 aromatic rings. The van der Waals surface area contributed by atoms with Crippen LogP contribution in [0.25, 0.3) is 0 Å². The number of hydrogen-bond donors (Lipinski definition) is 2. The Morgan fingerprint density at radius 2 is 1.81 bits per heavy atom. The highest BCUT2D eigenvalue weighted by Crippen LogP contribution is 2.27. The summed E-state index contributed by atoms with van der Waals surface area (Å²) >= 11 is 3.49. The average molecular weight is 487 g/mol. The third-order valence-electron chi connectivity index (χ3n) is 5.51. The van der Waals surface area contributed by atoms with E-state index in [2.05, 4.69) is 40.4 Å². The van der Waals surface area contributed by atoms with E-state index in [0.29, 0.717) is 35.1 Å². The minimum absolute atomic E-state index is 0.141. The number of amides is 2. The fourth-order valence-electron chi connectivity index (χ4n) is 3.66. The number of hydrogen-bond acceptors (Lipinski definition) is 3. The highest BCUT2D eigenvalue weighted by molar-refractivity contribution is 9.10. The summed E-state index contributed by atoms with van der Waals surface area (Å²) in [5.74, 6) is 0.869. The van der Waals surface area contributed by atoms with Gasteiger partial charge in [0, 0.05) is 11.6 Å². The fourth-order valence-corrected chi connectivity index (χ4v) is 4.15. The number of rotatable bonds is 8. The van der Waals surface area contributed by atoms with Crippen LogP contribution >= 0.6 is 15.9 Å². The first-order chi connectivity index (χ1) is 14.9. The molecule has 0 saturated heterocycles. The molecule has 0 aromatic heterocycles. The molecule has 2 aromatic carbocycles. The molecular formula is C25H31BrN2O3. The van der Waals surface area contributed by atoms with Crippen molar-refractivity contribution in [2.24, 2.45) is 5.92 Å². The van der Waals surface area contributed by atoms with Crippen molar-refractivity contribution in [2.45, 2.75) is 58.4 Å². The topological polar surface area (TPSA) is 67.4 Å². The third kappa shape index (κ3) is 6.82. The van der Waals surface area contributed by atoms with Crippen molar-refractivity contribution in [1.29, 1.82) is 0 Å². The molecule has 5 nitrogen and oxygen atoms in total. The molecule has 0 unspecified atom stereocenters. The molecule has 0 bridgehead atoms. The number of carbonyl (C=O) groups is 2. The number of halogens is 1. The van der Waals surface area contributed by atoms with E-state index in [-0.39, 0.29) is 17.9 Å². The molecule has 1 aliphatic rings. The molecule has 31 heavy (non-hydrogen) atoms. The highest BCUT2D eigenvalue weighted by atomic mass is 79.9. The Hall–Kier alpha value is -2.34. The van der Waals surface area contributed by atoms with Crippen molar-refractivity contribution >= 4 is 33.4 Å². The van der Waals surface area contributed by atoms with Crippen molar-refractivity contribution in [1.82, 2.24) is 5.32 Å². The van der Waals surface area contributed by atoms with E-state index in [0.717, 1.165) is 36.6 Å². The predicted octanol–water partition coefficient (Wildman–Crippen LogP) is 6.19. The fraction of sp³-hybridized carbons (Fsp3) is 0.440. The lowest BCUT2D eigenvalue weighted by Gasteiger charge is -2.23. The largest absolute Gasteiger partial charge is 0.492 e. The molecule has 0 spiro atoms. The molecule has 2 amide bonds. The minimum atomic E-state index is -0.271. The van der Waals surface area contributed by atoms with Crippen molar-refractivity contribution < 1.29 is 14.3 Å². The summed E-state index contributed by atoms with van der Waals surface area (Å²) in [5, 5.41) is 6.01. The van der Waals surface area contributed by atoms with Crippen LogP contribution in [-0.2, 0) is 0 Å². The van der Waals surface area contributed by atoms with E-state index in [1.165, 1.54) is 6.42 Å². The maximum absolute atomic E-state index is 12.8. The molecule has 3 rings (SSSR count). The molecule has 2 N–H and O–H groups in total. The van der Waals surface area contributed by atoms with Gasteiger partial charge in [0.2, 0.25) is 0 Å². The Balaban J connectivity index is 1.66. The molecule has 1 aliphatic carbocycles. The number of ether oxygens (including phenoxy) is 1. The first kappa shape index (κ1) is 23.3. The zero-order chi connectivity index (χ0) is 22.2. The van der Waals surface area contributed by atoms with Gasteiger partial charge in [-0.05, 0) is 71.4 Å². The Morgan fingerprint density at radius 1 is 1.06 bits per heavy atom. The van der Waals surface area contributed by atoms with Gasteiger partial charge in [0.15, 0.2) is 0 Å². The summed E-state index contributed by atoms with van der Waals surface area (Å²) in [6, 6.07) is 12.6. The Morgan fingerprint density at radius 3 is 2.52 bits per heavy atom. The second-order valence-electron chi connectivity index (χ2n) is 8.48. The number of benzene rings is 2. The molecule has 0 heterocycles. The lowest BCUT2D eigenvalue weighted by Crippen LogP contribution is -2.36. The van der Waals surface area contributed by atoms with E-state index in [1.807, 2.05) is 12.1 Å². The van der Waals surface area contributed by atoms with Gasteiger partial charge in [-0.3, -0.25) is 9.59 Å². The SMILES string of the molecule is CC(C)CCOc1ccc(C(=O)Nc2ccccc2C(=O)NC2CCCCC2)cc1Br. The molecule has 166 valence electrons. The lowest BCUT2D eigenvalue weighted by molar-refractivity contribution is 0.0928. The molecule has 1 fully saturated rings. The van der Waals surface area contributed by atoms with Crippen molar-refractivity contribution in [3.05, 3.63) is 58.1 Å². The summed E-state index contributed by atoms with van der Waals surface area (Å²) in [6.45, 7) is 4.93. The van der Waals surface area contributed by atoms with Gasteiger partial charge in [-0.1, -0.05) is 45.2 Å². The minimum Gasteiger partial charge on any atom is -0.492 e. The summed E-state index contributed by atoms with van der Waals surface area (Å²) in [7, 11) is 0. The Labute approximate surface area is 193 Å². The van der Waals surface area contributed by atoms with E-state index >= 15 is 0 Å². The van der Waals surface area contributed by atoms with Crippen LogP contribution in [0.3, 0.4) is 0 Å². The maximum atomic E-state index is 12.8. The van der Waals surface area contributed by atoms with Gasteiger partial charge in [-0.2, -0.15) is 0 Å². The van der Waals surface area contributed by atoms with Crippen molar-refractivity contribution in [3.8, 4) is 5.75 Å². The van der Waals surface area contributed by atoms with Gasteiger partial charge < -0.3 is 15.4 Å². The van der Waals surface area contributed by atoms with Crippen LogP contribution in [0.2, 0.25) is 0 Å². The predicted molar refractivity (Wildman–Crippen MR) is 128 cm³/mol. The molecule has 6 heteroatoms. The number of nitrogens with one attached hydrogen (secondary N) is 2. The van der Waals surface area contributed by atoms with Crippen molar-refractivity contribution in [3.63, 3.8) is 0 Å². The second-order valence-corrected chi connectivity index (χ2v) is 9.34. The van der Waals surface area contributed by atoms with Crippen LogP contribution in [0, 0.1) is 5.92 Å². The van der Waals surface area contributed by atoms with Gasteiger partial charge in [-0.15, -0.1) is 0 Å². The summed E-state index contributed by atoms with van der Waals surface area (Å²) in [6.07, 6.45) is 6.52. The summed E-state index contributed by atoms with van der Waals surface area (Å²) in [5.41, 5.74) is 1.48. The normalized spacial score (nSPS) is 14.3. The first-order valence-corrected chi connectivity index (χ1v) is 11.9. The van der Waals surface area contributed by atoms with E-state index < -0.39 is 0 Å². The van der Waals surface area contributed by atoms with Gasteiger partial charge >= 0.3 is 0 Å². The molecule has 1 saturated carbocycles. The Bertz CT molecular complexity index is 907. The first-order valence-electron chi connectivity index (χ1n) is 11.1. The van der Waals surface area contributed by atoms with Crippen LogP contribution in [0.5, 0.6) is 5.75 Å². The smallest absolute Gasteiger partial charge is 0.255 e. The Kier molecular flexibility index (Phi) is 8.52. The summed E-state index contributed by atoms with van der Waals surface area (Å²) < 4.78 is 6.52. The van der Waals surface area contributed by atoms with Gasteiger partial charge in [-0.25, -0.2) is 0 Å². The molecule has 0 atom stereocenters. The van der Waals surface area contributed by atoms with E-state index in [1.54, 1.807) is 30.3 Å². The number of para-hydroxylation sites is 1. The summed E-state index contributed by atoms with van der Waals surface area (Å²) in [4.78, 5) is 25.7. The van der Waals surface area contributed by atoms with Crippen LogP contribution in [-0.4, -0.2) is 24.5 Å². The van der Waals surface area contributed by atoms with Crippen LogP contribution < -0.4 is 15.4 Å². The number of anilines is 1. The number of carbonyl (C=O) groups excluding carboxylic acids is 2. The zero-order valence-corrected chi connectivity index (χ0v) is 19.8. The van der Waals surface area contributed by atoms with Crippen LogP contribution in [0.1, 0.15) is 73.1 Å². The third-order valence-corrected chi connectivity index (χ3v) is 6.13. The quantitative estimate of drug-likeness (QED) is 0.467. The molecule has 0 aliphatic heterocycles. The average Bonchev–Trinajstić information content (AvgIpc) is 2.75. The van der Waals surface area contributed by atoms with Crippen LogP contribution in [0.4, 0.5) is 5.69 Å². The molecule has 0 radical (unpaired) electrons.